The highest BCUT2D eigenvalue weighted by atomic mass is 35.5. The fraction of sp³-hybridized carbons (Fsp3) is 0.148. The summed E-state index contributed by atoms with van der Waals surface area (Å²) in [6, 6.07) is 19.1. The van der Waals surface area contributed by atoms with Gasteiger partial charge < -0.3 is 19.7 Å². The molecule has 0 aliphatic carbocycles. The van der Waals surface area contributed by atoms with Crippen molar-refractivity contribution in [3.8, 4) is 11.5 Å². The van der Waals surface area contributed by atoms with Crippen LogP contribution in [0.25, 0.3) is 11.0 Å². The van der Waals surface area contributed by atoms with Crippen molar-refractivity contribution >= 4 is 40.2 Å². The minimum atomic E-state index is -1.13. The summed E-state index contributed by atoms with van der Waals surface area (Å²) in [6.07, 6.45) is -0.394. The standard InChI is InChI=1S/C27H22ClN5O6/c1-16-22-11-10-21(14-23(22)39-31-16)38-20-8-6-19(7-9-20)29-25-30-26(36)32(13-12-24(34)35)27(37)33(25)15-17-2-4-18(28)5-3-17/h2-11,14H,12-13,15H2,1H3,(H,34,35)(H,29,30,36). The predicted molar refractivity (Wildman–Crippen MR) is 144 cm³/mol. The molecule has 5 aromatic rings. The van der Waals surface area contributed by atoms with E-state index in [4.69, 9.17) is 26.0 Å². The molecule has 5 rings (SSSR count). The molecule has 0 radical (unpaired) electrons. The molecule has 0 unspecified atom stereocenters. The Morgan fingerprint density at radius 3 is 2.46 bits per heavy atom. The van der Waals surface area contributed by atoms with Gasteiger partial charge in [0.25, 0.3) is 0 Å². The van der Waals surface area contributed by atoms with Crippen LogP contribution in [0.15, 0.2) is 80.8 Å². The van der Waals surface area contributed by atoms with E-state index in [1.807, 2.05) is 19.1 Å². The molecule has 0 bridgehead atoms. The highest BCUT2D eigenvalue weighted by Crippen LogP contribution is 2.28. The molecule has 0 aliphatic rings. The van der Waals surface area contributed by atoms with Crippen LogP contribution in [0.2, 0.25) is 5.02 Å². The second kappa shape index (κ2) is 10.8. The maximum absolute atomic E-state index is 13.2. The van der Waals surface area contributed by atoms with Crippen LogP contribution in [0.3, 0.4) is 0 Å². The number of ether oxygens (including phenoxy) is 1. The van der Waals surface area contributed by atoms with Crippen LogP contribution in [0, 0.1) is 6.92 Å². The van der Waals surface area contributed by atoms with Gasteiger partial charge in [-0.1, -0.05) is 28.9 Å². The summed E-state index contributed by atoms with van der Waals surface area (Å²) in [4.78, 5) is 40.9. The van der Waals surface area contributed by atoms with Gasteiger partial charge in [-0.3, -0.25) is 9.36 Å². The van der Waals surface area contributed by atoms with Crippen molar-refractivity contribution in [1.82, 2.24) is 19.3 Å². The normalized spacial score (nSPS) is 11.0. The number of hydrogen-bond acceptors (Lipinski definition) is 8. The van der Waals surface area contributed by atoms with Crippen LogP contribution in [0.4, 0.5) is 11.6 Å². The molecule has 0 saturated carbocycles. The summed E-state index contributed by atoms with van der Waals surface area (Å²) in [5.41, 5.74) is 1.15. The molecule has 0 saturated heterocycles. The van der Waals surface area contributed by atoms with Gasteiger partial charge in [0.05, 0.1) is 18.7 Å². The average molecular weight is 548 g/mol. The predicted octanol–water partition coefficient (Wildman–Crippen LogP) is 4.57. The number of hydrogen-bond donors (Lipinski definition) is 2. The van der Waals surface area contributed by atoms with Crippen molar-refractivity contribution in [2.45, 2.75) is 26.4 Å². The summed E-state index contributed by atoms with van der Waals surface area (Å²) in [5.74, 6) is -0.00760. The third-order valence-electron chi connectivity index (χ3n) is 5.92. The number of benzene rings is 3. The van der Waals surface area contributed by atoms with Gasteiger partial charge in [-0.05, 0) is 61.0 Å². The minimum absolute atomic E-state index is 0.00586. The number of rotatable bonds is 9. The van der Waals surface area contributed by atoms with E-state index >= 15 is 0 Å². The van der Waals surface area contributed by atoms with Crippen molar-refractivity contribution in [3.63, 3.8) is 0 Å². The minimum Gasteiger partial charge on any atom is -0.481 e. The number of nitrogens with one attached hydrogen (secondary N) is 1. The summed E-state index contributed by atoms with van der Waals surface area (Å²) in [6.45, 7) is 1.63. The number of nitrogens with zero attached hydrogens (tertiary/aromatic N) is 4. The molecule has 3 aromatic carbocycles. The lowest BCUT2D eigenvalue weighted by molar-refractivity contribution is -0.137. The summed E-state index contributed by atoms with van der Waals surface area (Å²) in [7, 11) is 0. The quantitative estimate of drug-likeness (QED) is 0.271. The number of aliphatic carboxylic acids is 1. The van der Waals surface area contributed by atoms with Gasteiger partial charge in [0, 0.05) is 28.7 Å². The Balaban J connectivity index is 1.41. The van der Waals surface area contributed by atoms with Crippen molar-refractivity contribution < 1.29 is 19.2 Å². The number of aromatic nitrogens is 4. The number of anilines is 2. The van der Waals surface area contributed by atoms with Crippen LogP contribution in [0.1, 0.15) is 17.7 Å². The van der Waals surface area contributed by atoms with Crippen LogP contribution >= 0.6 is 11.6 Å². The number of halogens is 1. The van der Waals surface area contributed by atoms with E-state index in [9.17, 15) is 14.4 Å². The topological polar surface area (TPSA) is 141 Å². The van der Waals surface area contributed by atoms with Crippen LogP contribution in [-0.2, 0) is 17.9 Å². The molecule has 198 valence electrons. The van der Waals surface area contributed by atoms with E-state index in [0.717, 1.165) is 21.2 Å². The molecule has 2 heterocycles. The Hall–Kier alpha value is -4.90. The number of carboxylic acid groups (broad SMARTS) is 1. The molecule has 2 aromatic heterocycles. The van der Waals surface area contributed by atoms with Crippen LogP contribution < -0.4 is 21.4 Å². The highest BCUT2D eigenvalue weighted by Gasteiger charge is 2.15. The van der Waals surface area contributed by atoms with Crippen molar-refractivity contribution in [2.75, 3.05) is 5.32 Å². The molecular weight excluding hydrogens is 526 g/mol. The first-order chi connectivity index (χ1) is 18.8. The zero-order valence-electron chi connectivity index (χ0n) is 20.6. The van der Waals surface area contributed by atoms with Crippen LogP contribution in [-0.4, -0.2) is 30.4 Å². The van der Waals surface area contributed by atoms with E-state index in [1.165, 1.54) is 4.57 Å². The molecular formula is C27H22ClN5O6. The van der Waals surface area contributed by atoms with Gasteiger partial charge in [-0.15, -0.1) is 0 Å². The molecule has 2 N–H and O–H groups in total. The Labute approximate surface area is 225 Å². The van der Waals surface area contributed by atoms with Gasteiger partial charge in [0.15, 0.2) is 5.58 Å². The summed E-state index contributed by atoms with van der Waals surface area (Å²) in [5, 5.41) is 17.4. The molecule has 12 heteroatoms. The number of fused-ring (bicyclic) bond motifs is 1. The molecule has 39 heavy (non-hydrogen) atoms. The first-order valence-corrected chi connectivity index (χ1v) is 12.2. The van der Waals surface area contributed by atoms with Gasteiger partial charge >= 0.3 is 17.3 Å². The summed E-state index contributed by atoms with van der Waals surface area (Å²) >= 11 is 5.98. The lowest BCUT2D eigenvalue weighted by atomic mass is 10.2. The van der Waals surface area contributed by atoms with Gasteiger partial charge in [0.2, 0.25) is 5.95 Å². The third-order valence-corrected chi connectivity index (χ3v) is 6.18. The van der Waals surface area contributed by atoms with Crippen LogP contribution in [0.5, 0.6) is 11.5 Å². The molecule has 0 atom stereocenters. The SMILES string of the molecule is Cc1noc2cc(Oc3ccc(Nc4nc(=O)n(CCC(=O)O)c(=O)n4Cc4ccc(Cl)cc4)cc3)ccc12. The maximum Gasteiger partial charge on any atom is 0.354 e. The van der Waals surface area contributed by atoms with Gasteiger partial charge in [0.1, 0.15) is 11.5 Å². The molecule has 0 aliphatic heterocycles. The Morgan fingerprint density at radius 2 is 1.74 bits per heavy atom. The maximum atomic E-state index is 13.2. The zero-order valence-corrected chi connectivity index (χ0v) is 21.4. The highest BCUT2D eigenvalue weighted by molar-refractivity contribution is 6.30. The van der Waals surface area contributed by atoms with Gasteiger partial charge in [-0.2, -0.15) is 4.98 Å². The fourth-order valence-electron chi connectivity index (χ4n) is 3.92. The molecule has 0 fully saturated rings. The van der Waals surface area contributed by atoms with E-state index in [2.05, 4.69) is 15.5 Å². The zero-order chi connectivity index (χ0) is 27.5. The second-order valence-corrected chi connectivity index (χ2v) is 9.12. The monoisotopic (exact) mass is 547 g/mol. The number of carbonyl (C=O) groups is 1. The lowest BCUT2D eigenvalue weighted by Crippen LogP contribution is -2.43. The van der Waals surface area contributed by atoms with E-state index in [-0.39, 0.29) is 19.0 Å². The van der Waals surface area contributed by atoms with E-state index in [0.29, 0.717) is 27.8 Å². The third kappa shape index (κ3) is 5.83. The lowest BCUT2D eigenvalue weighted by Gasteiger charge is -2.16. The number of carboxylic acids is 1. The largest absolute Gasteiger partial charge is 0.481 e. The Morgan fingerprint density at radius 1 is 1.03 bits per heavy atom. The Kier molecular flexibility index (Phi) is 7.15. The van der Waals surface area contributed by atoms with E-state index in [1.54, 1.807) is 54.6 Å². The van der Waals surface area contributed by atoms with Crippen molar-refractivity contribution in [3.05, 3.63) is 104 Å². The molecule has 11 nitrogen and oxygen atoms in total. The Bertz CT molecular complexity index is 1770. The summed E-state index contributed by atoms with van der Waals surface area (Å²) < 4.78 is 13.3. The number of aryl methyl sites for hydroxylation is 1. The molecule has 0 amide bonds. The smallest absolute Gasteiger partial charge is 0.354 e. The second-order valence-electron chi connectivity index (χ2n) is 8.69. The van der Waals surface area contributed by atoms with Crippen molar-refractivity contribution in [1.29, 1.82) is 0 Å². The van der Waals surface area contributed by atoms with Gasteiger partial charge in [-0.25, -0.2) is 14.2 Å². The van der Waals surface area contributed by atoms with Crippen molar-refractivity contribution in [2.24, 2.45) is 0 Å². The molecule has 0 spiro atoms. The first kappa shape index (κ1) is 25.7. The fourth-order valence-corrected chi connectivity index (χ4v) is 4.04. The first-order valence-electron chi connectivity index (χ1n) is 11.9. The average Bonchev–Trinajstić information content (AvgIpc) is 3.28. The van der Waals surface area contributed by atoms with E-state index < -0.39 is 23.8 Å².